The molecule has 0 aromatic heterocycles. The molecule has 0 spiro atoms. The average molecular weight is 374 g/mol. The highest BCUT2D eigenvalue weighted by molar-refractivity contribution is 6.33. The largest absolute Gasteiger partial charge is 0.496 e. The zero-order chi connectivity index (χ0) is 18.5. The number of halogens is 1. The lowest BCUT2D eigenvalue weighted by molar-refractivity contribution is 0.0935. The molecule has 1 fully saturated rings. The molecule has 0 saturated carbocycles. The number of amides is 1. The van der Waals surface area contributed by atoms with Gasteiger partial charge in [0, 0.05) is 12.6 Å². The number of nitrogen functional groups attached to an aromatic ring is 1. The van der Waals surface area contributed by atoms with Crippen LogP contribution in [0.1, 0.15) is 34.8 Å². The van der Waals surface area contributed by atoms with E-state index in [1.54, 1.807) is 12.1 Å². The van der Waals surface area contributed by atoms with Gasteiger partial charge in [0.05, 0.1) is 29.4 Å². The van der Waals surface area contributed by atoms with Crippen molar-refractivity contribution in [3.05, 3.63) is 58.6 Å². The Balaban J connectivity index is 1.77. The molecule has 0 radical (unpaired) electrons. The molecule has 2 aromatic carbocycles. The van der Waals surface area contributed by atoms with Crippen molar-refractivity contribution in [2.45, 2.75) is 18.9 Å². The Morgan fingerprint density at radius 1 is 1.27 bits per heavy atom. The van der Waals surface area contributed by atoms with Crippen LogP contribution < -0.4 is 15.8 Å². The van der Waals surface area contributed by atoms with E-state index in [0.717, 1.165) is 13.1 Å². The van der Waals surface area contributed by atoms with Crippen LogP contribution in [0.2, 0.25) is 5.02 Å². The predicted octanol–water partition coefficient (Wildman–Crippen LogP) is 3.50. The van der Waals surface area contributed by atoms with Crippen LogP contribution in [-0.2, 0) is 0 Å². The molecule has 1 amide bonds. The van der Waals surface area contributed by atoms with E-state index in [9.17, 15) is 4.79 Å². The SMILES string of the molecule is COc1cc(N)c(Cl)cc1C(=O)NCC(c1ccccc1)N1CCCC1. The smallest absolute Gasteiger partial charge is 0.255 e. The number of ether oxygens (including phenoxy) is 1. The Bertz CT molecular complexity index is 761. The van der Waals surface area contributed by atoms with Crippen LogP contribution in [0.25, 0.3) is 0 Å². The molecule has 1 unspecified atom stereocenters. The highest BCUT2D eigenvalue weighted by Crippen LogP contribution is 2.29. The number of nitrogens with two attached hydrogens (primary N) is 1. The average Bonchev–Trinajstić information content (AvgIpc) is 3.19. The van der Waals surface area contributed by atoms with Gasteiger partial charge < -0.3 is 15.8 Å². The molecule has 3 N–H and O–H groups in total. The fraction of sp³-hybridized carbons (Fsp3) is 0.350. The Morgan fingerprint density at radius 2 is 1.96 bits per heavy atom. The van der Waals surface area contributed by atoms with Crippen molar-refractivity contribution in [1.29, 1.82) is 0 Å². The van der Waals surface area contributed by atoms with Crippen LogP contribution in [0.4, 0.5) is 5.69 Å². The third-order valence-corrected chi connectivity index (χ3v) is 5.11. The number of hydrogen-bond acceptors (Lipinski definition) is 4. The maximum absolute atomic E-state index is 12.7. The van der Waals surface area contributed by atoms with Crippen molar-refractivity contribution in [1.82, 2.24) is 10.2 Å². The second-order valence-corrected chi connectivity index (χ2v) is 6.86. The lowest BCUT2D eigenvalue weighted by Crippen LogP contribution is -2.36. The van der Waals surface area contributed by atoms with Crippen molar-refractivity contribution in [2.75, 3.05) is 32.5 Å². The van der Waals surface area contributed by atoms with Crippen LogP contribution in [-0.4, -0.2) is 37.6 Å². The molecule has 0 bridgehead atoms. The van der Waals surface area contributed by atoms with Gasteiger partial charge in [-0.3, -0.25) is 9.69 Å². The van der Waals surface area contributed by atoms with E-state index in [1.165, 1.54) is 25.5 Å². The lowest BCUT2D eigenvalue weighted by Gasteiger charge is -2.28. The monoisotopic (exact) mass is 373 g/mol. The van der Waals surface area contributed by atoms with Gasteiger partial charge in [-0.05, 0) is 37.6 Å². The van der Waals surface area contributed by atoms with Gasteiger partial charge in [0.25, 0.3) is 5.91 Å². The number of nitrogens with zero attached hydrogens (tertiary/aromatic N) is 1. The zero-order valence-corrected chi connectivity index (χ0v) is 15.6. The van der Waals surface area contributed by atoms with Crippen molar-refractivity contribution >= 4 is 23.2 Å². The second-order valence-electron chi connectivity index (χ2n) is 6.45. The maximum atomic E-state index is 12.7. The van der Waals surface area contributed by atoms with E-state index in [1.807, 2.05) is 18.2 Å². The summed E-state index contributed by atoms with van der Waals surface area (Å²) in [5.41, 5.74) is 7.78. The summed E-state index contributed by atoms with van der Waals surface area (Å²) >= 11 is 6.08. The number of carbonyl (C=O) groups excluding carboxylic acids is 1. The van der Waals surface area contributed by atoms with Gasteiger partial charge in [-0.15, -0.1) is 0 Å². The Kier molecular flexibility index (Phi) is 6.01. The number of benzene rings is 2. The van der Waals surface area contributed by atoms with Gasteiger partial charge >= 0.3 is 0 Å². The van der Waals surface area contributed by atoms with Crippen molar-refractivity contribution in [3.8, 4) is 5.75 Å². The standard InChI is InChI=1S/C20H24ClN3O2/c1-26-19-12-17(22)16(21)11-15(19)20(25)23-13-18(24-9-5-6-10-24)14-7-3-2-4-8-14/h2-4,7-8,11-12,18H,5-6,9-10,13,22H2,1H3,(H,23,25). The fourth-order valence-electron chi connectivity index (χ4n) is 3.39. The molecule has 1 aliphatic rings. The number of rotatable bonds is 6. The fourth-order valence-corrected chi connectivity index (χ4v) is 3.55. The number of nitrogens with one attached hydrogen (secondary N) is 1. The molecule has 138 valence electrons. The molecule has 0 aliphatic carbocycles. The molecule has 1 aliphatic heterocycles. The molecular formula is C20H24ClN3O2. The molecule has 2 aromatic rings. The summed E-state index contributed by atoms with van der Waals surface area (Å²) in [6.07, 6.45) is 2.39. The normalized spacial score (nSPS) is 15.6. The summed E-state index contributed by atoms with van der Waals surface area (Å²) in [5, 5.41) is 3.38. The topological polar surface area (TPSA) is 67.6 Å². The Morgan fingerprint density at radius 3 is 2.62 bits per heavy atom. The van der Waals surface area contributed by atoms with Gasteiger partial charge in [0.15, 0.2) is 0 Å². The van der Waals surface area contributed by atoms with E-state index in [2.05, 4.69) is 22.3 Å². The number of carbonyl (C=O) groups is 1. The minimum absolute atomic E-state index is 0.151. The molecule has 3 rings (SSSR count). The van der Waals surface area contributed by atoms with E-state index < -0.39 is 0 Å². The molecular weight excluding hydrogens is 350 g/mol. The zero-order valence-electron chi connectivity index (χ0n) is 14.9. The summed E-state index contributed by atoms with van der Waals surface area (Å²) < 4.78 is 5.28. The summed E-state index contributed by atoms with van der Waals surface area (Å²) in [6.45, 7) is 2.62. The van der Waals surface area contributed by atoms with E-state index in [0.29, 0.717) is 28.6 Å². The van der Waals surface area contributed by atoms with Gasteiger partial charge in [-0.2, -0.15) is 0 Å². The van der Waals surface area contributed by atoms with Crippen LogP contribution in [0.3, 0.4) is 0 Å². The summed E-state index contributed by atoms with van der Waals surface area (Å²) in [7, 11) is 1.51. The first-order valence-electron chi connectivity index (χ1n) is 8.80. The van der Waals surface area contributed by atoms with E-state index >= 15 is 0 Å². The molecule has 1 atom stereocenters. The van der Waals surface area contributed by atoms with E-state index in [-0.39, 0.29) is 11.9 Å². The van der Waals surface area contributed by atoms with Crippen LogP contribution in [0.15, 0.2) is 42.5 Å². The predicted molar refractivity (Wildman–Crippen MR) is 105 cm³/mol. The minimum Gasteiger partial charge on any atom is -0.496 e. The van der Waals surface area contributed by atoms with Gasteiger partial charge in [0.2, 0.25) is 0 Å². The number of methoxy groups -OCH3 is 1. The Labute approximate surface area is 159 Å². The number of likely N-dealkylation sites (tertiary alicyclic amines) is 1. The van der Waals surface area contributed by atoms with Gasteiger partial charge in [0.1, 0.15) is 5.75 Å². The van der Waals surface area contributed by atoms with Crippen molar-refractivity contribution < 1.29 is 9.53 Å². The third-order valence-electron chi connectivity index (χ3n) is 4.79. The first-order chi connectivity index (χ1) is 12.6. The van der Waals surface area contributed by atoms with Crippen LogP contribution in [0, 0.1) is 0 Å². The summed E-state index contributed by atoms with van der Waals surface area (Å²) in [4.78, 5) is 15.1. The van der Waals surface area contributed by atoms with Crippen molar-refractivity contribution in [3.63, 3.8) is 0 Å². The van der Waals surface area contributed by atoms with E-state index in [4.69, 9.17) is 22.1 Å². The van der Waals surface area contributed by atoms with Gasteiger partial charge in [-0.25, -0.2) is 0 Å². The molecule has 26 heavy (non-hydrogen) atoms. The quantitative estimate of drug-likeness (QED) is 0.760. The summed E-state index contributed by atoms with van der Waals surface area (Å²) in [5.74, 6) is 0.200. The lowest BCUT2D eigenvalue weighted by atomic mass is 10.1. The summed E-state index contributed by atoms with van der Waals surface area (Å²) in [6, 6.07) is 13.6. The highest BCUT2D eigenvalue weighted by atomic mass is 35.5. The molecule has 5 nitrogen and oxygen atoms in total. The Hall–Kier alpha value is -2.24. The van der Waals surface area contributed by atoms with Crippen LogP contribution >= 0.6 is 11.6 Å². The molecule has 1 heterocycles. The minimum atomic E-state index is -0.219. The maximum Gasteiger partial charge on any atom is 0.255 e. The van der Waals surface area contributed by atoms with Gasteiger partial charge in [-0.1, -0.05) is 41.9 Å². The highest BCUT2D eigenvalue weighted by Gasteiger charge is 2.24. The number of anilines is 1. The molecule has 1 saturated heterocycles. The molecule has 6 heteroatoms. The first kappa shape index (κ1) is 18.5. The van der Waals surface area contributed by atoms with Crippen molar-refractivity contribution in [2.24, 2.45) is 0 Å². The van der Waals surface area contributed by atoms with Crippen LogP contribution in [0.5, 0.6) is 5.75 Å². The number of hydrogen-bond donors (Lipinski definition) is 2. The first-order valence-corrected chi connectivity index (χ1v) is 9.18. The third kappa shape index (κ3) is 4.11. The second kappa shape index (κ2) is 8.43.